The summed E-state index contributed by atoms with van der Waals surface area (Å²) < 4.78 is 48.1. The molecule has 2 aromatic carbocycles. The Bertz CT molecular complexity index is 1800. The van der Waals surface area contributed by atoms with E-state index in [4.69, 9.17) is 0 Å². The first-order chi connectivity index (χ1) is 18.6. The molecule has 0 aliphatic heterocycles. The molecule has 0 spiro atoms. The van der Waals surface area contributed by atoms with E-state index in [1.54, 1.807) is 23.2 Å². The van der Waals surface area contributed by atoms with Crippen LogP contribution in [-0.4, -0.2) is 37.6 Å². The van der Waals surface area contributed by atoms with Gasteiger partial charge in [-0.25, -0.2) is 9.48 Å². The molecule has 3 heterocycles. The molecule has 3 aromatic heterocycles. The van der Waals surface area contributed by atoms with Crippen LogP contribution >= 0.6 is 0 Å². The van der Waals surface area contributed by atoms with Crippen molar-refractivity contribution in [1.29, 1.82) is 0 Å². The predicted octanol–water partition coefficient (Wildman–Crippen LogP) is 5.29. The lowest BCUT2D eigenvalue weighted by atomic mass is 10.0. The topological polar surface area (TPSA) is 91.9 Å². The number of carbonyl (C=O) groups is 1. The SMILES string of the molecule is COC(=O)c1ccc(-c2ccc(=O)n(/C=C/c3ccc4ncc(-c5cnn(C)c5)cc4c3)n2)cc1C(F)(F)F. The average Bonchev–Trinajstić information content (AvgIpc) is 3.37. The van der Waals surface area contributed by atoms with Crippen LogP contribution in [0.2, 0.25) is 0 Å². The number of ether oxygens (including phenoxy) is 1. The predicted molar refractivity (Wildman–Crippen MR) is 139 cm³/mol. The molecule has 196 valence electrons. The molecule has 0 fully saturated rings. The molecule has 0 aliphatic rings. The highest BCUT2D eigenvalue weighted by atomic mass is 19.4. The van der Waals surface area contributed by atoms with Crippen LogP contribution in [0.15, 0.2) is 78.0 Å². The first kappa shape index (κ1) is 25.6. The number of carbonyl (C=O) groups excluding carboxylic acids is 1. The van der Waals surface area contributed by atoms with Crippen LogP contribution in [0, 0.1) is 0 Å². The lowest BCUT2D eigenvalue weighted by Gasteiger charge is -2.13. The zero-order valence-corrected chi connectivity index (χ0v) is 20.7. The number of alkyl halides is 3. The molecule has 8 nitrogen and oxygen atoms in total. The van der Waals surface area contributed by atoms with E-state index >= 15 is 0 Å². The fourth-order valence-electron chi connectivity index (χ4n) is 4.05. The monoisotopic (exact) mass is 531 g/mol. The Balaban J connectivity index is 1.48. The van der Waals surface area contributed by atoms with E-state index < -0.39 is 28.8 Å². The van der Waals surface area contributed by atoms with Crippen LogP contribution < -0.4 is 5.56 Å². The van der Waals surface area contributed by atoms with Gasteiger partial charge in [0.05, 0.1) is 35.6 Å². The maximum atomic E-state index is 13.6. The second kappa shape index (κ2) is 10.0. The molecule has 0 N–H and O–H groups in total. The Morgan fingerprint density at radius 1 is 0.974 bits per heavy atom. The highest BCUT2D eigenvalue weighted by molar-refractivity contribution is 5.92. The zero-order chi connectivity index (χ0) is 27.7. The standard InChI is InChI=1S/C28H20F3N5O3/c1-35-16-21(15-33-35)20-12-19-11-17(3-6-24(19)32-14-20)9-10-36-26(37)8-7-25(34-36)18-4-5-22(27(38)39-2)23(13-18)28(29,30)31/h3-16H,1-2H3/b10-9+. The van der Waals surface area contributed by atoms with Gasteiger partial charge >= 0.3 is 12.1 Å². The van der Waals surface area contributed by atoms with Crippen LogP contribution in [0.4, 0.5) is 13.2 Å². The van der Waals surface area contributed by atoms with Crippen molar-refractivity contribution in [2.24, 2.45) is 7.05 Å². The van der Waals surface area contributed by atoms with Gasteiger partial charge in [-0.1, -0.05) is 12.1 Å². The van der Waals surface area contributed by atoms with Crippen molar-refractivity contribution >= 4 is 29.1 Å². The van der Waals surface area contributed by atoms with E-state index in [-0.39, 0.29) is 11.3 Å². The Labute approximate surface area is 219 Å². The molecule has 0 radical (unpaired) electrons. The number of fused-ring (bicyclic) bond motifs is 1. The van der Waals surface area contributed by atoms with Gasteiger partial charge < -0.3 is 4.74 Å². The number of aromatic nitrogens is 5. The molecule has 0 aliphatic carbocycles. The largest absolute Gasteiger partial charge is 0.465 e. The summed E-state index contributed by atoms with van der Waals surface area (Å²) in [5.41, 5.74) is 1.33. The molecule has 0 saturated carbocycles. The van der Waals surface area contributed by atoms with E-state index in [0.29, 0.717) is 0 Å². The molecule has 0 amide bonds. The van der Waals surface area contributed by atoms with Crippen molar-refractivity contribution in [2.45, 2.75) is 6.18 Å². The number of nitrogens with zero attached hydrogens (tertiary/aromatic N) is 5. The van der Waals surface area contributed by atoms with Gasteiger partial charge in [-0.2, -0.15) is 23.4 Å². The number of rotatable bonds is 5. The number of halogens is 3. The first-order valence-electron chi connectivity index (χ1n) is 11.6. The van der Waals surface area contributed by atoms with Crippen LogP contribution in [0.25, 0.3) is 45.6 Å². The number of esters is 1. The van der Waals surface area contributed by atoms with E-state index in [1.807, 2.05) is 37.5 Å². The first-order valence-corrected chi connectivity index (χ1v) is 11.6. The van der Waals surface area contributed by atoms with E-state index in [2.05, 4.69) is 19.9 Å². The van der Waals surface area contributed by atoms with Crippen molar-refractivity contribution in [2.75, 3.05) is 7.11 Å². The maximum absolute atomic E-state index is 13.6. The van der Waals surface area contributed by atoms with Gasteiger partial charge in [0.25, 0.3) is 5.56 Å². The van der Waals surface area contributed by atoms with Crippen molar-refractivity contribution < 1.29 is 22.7 Å². The summed E-state index contributed by atoms with van der Waals surface area (Å²) in [6.45, 7) is 0. The van der Waals surface area contributed by atoms with Crippen molar-refractivity contribution in [3.63, 3.8) is 0 Å². The van der Waals surface area contributed by atoms with E-state index in [1.165, 1.54) is 24.4 Å². The van der Waals surface area contributed by atoms with Gasteiger partial charge in [-0.3, -0.25) is 14.5 Å². The van der Waals surface area contributed by atoms with Gasteiger partial charge in [0.2, 0.25) is 0 Å². The van der Waals surface area contributed by atoms with Gasteiger partial charge in [-0.15, -0.1) is 0 Å². The van der Waals surface area contributed by atoms with Gasteiger partial charge in [-0.05, 0) is 48.0 Å². The van der Waals surface area contributed by atoms with E-state index in [0.717, 1.165) is 51.5 Å². The fourth-order valence-corrected chi connectivity index (χ4v) is 4.05. The molecule has 5 aromatic rings. The normalized spacial score (nSPS) is 11.8. The number of hydrogen-bond donors (Lipinski definition) is 0. The second-order valence-electron chi connectivity index (χ2n) is 8.65. The molecule has 0 bridgehead atoms. The highest BCUT2D eigenvalue weighted by Crippen LogP contribution is 2.35. The van der Waals surface area contributed by atoms with Crippen molar-refractivity contribution in [3.8, 4) is 22.4 Å². The smallest absolute Gasteiger partial charge is 0.417 e. The Kier molecular flexibility index (Phi) is 6.57. The average molecular weight is 531 g/mol. The number of hydrogen-bond acceptors (Lipinski definition) is 6. The number of aryl methyl sites for hydroxylation is 1. The summed E-state index contributed by atoms with van der Waals surface area (Å²) in [5, 5.41) is 9.26. The Hall–Kier alpha value is -5.06. The fraction of sp³-hybridized carbons (Fsp3) is 0.107. The zero-order valence-electron chi connectivity index (χ0n) is 20.7. The number of pyridine rings is 1. The summed E-state index contributed by atoms with van der Waals surface area (Å²) in [6, 6.07) is 13.2. The van der Waals surface area contributed by atoms with Gasteiger partial charge in [0.1, 0.15) is 0 Å². The van der Waals surface area contributed by atoms with E-state index in [9.17, 15) is 22.8 Å². The third-order valence-corrected chi connectivity index (χ3v) is 6.00. The minimum Gasteiger partial charge on any atom is -0.465 e. The second-order valence-corrected chi connectivity index (χ2v) is 8.65. The molecule has 0 unspecified atom stereocenters. The minimum atomic E-state index is -4.80. The van der Waals surface area contributed by atoms with Crippen molar-refractivity contribution in [3.05, 3.63) is 100 Å². The van der Waals surface area contributed by atoms with Crippen LogP contribution in [0.3, 0.4) is 0 Å². The Morgan fingerprint density at radius 3 is 2.51 bits per heavy atom. The summed E-state index contributed by atoms with van der Waals surface area (Å²) in [4.78, 5) is 28.8. The minimum absolute atomic E-state index is 0.0804. The Morgan fingerprint density at radius 2 is 1.79 bits per heavy atom. The van der Waals surface area contributed by atoms with Crippen molar-refractivity contribution in [1.82, 2.24) is 24.5 Å². The third-order valence-electron chi connectivity index (χ3n) is 6.00. The van der Waals surface area contributed by atoms with Crippen LogP contribution in [0.1, 0.15) is 21.5 Å². The lowest BCUT2D eigenvalue weighted by molar-refractivity contribution is -0.138. The third kappa shape index (κ3) is 5.33. The molecule has 11 heteroatoms. The number of benzene rings is 2. The van der Waals surface area contributed by atoms with Crippen LogP contribution in [-0.2, 0) is 18.0 Å². The van der Waals surface area contributed by atoms with Gasteiger partial charge in [0.15, 0.2) is 0 Å². The molecule has 0 saturated heterocycles. The van der Waals surface area contributed by atoms with Crippen LogP contribution in [0.5, 0.6) is 0 Å². The number of methoxy groups -OCH3 is 1. The maximum Gasteiger partial charge on any atom is 0.417 e. The summed E-state index contributed by atoms with van der Waals surface area (Å²) >= 11 is 0. The molecule has 5 rings (SSSR count). The highest BCUT2D eigenvalue weighted by Gasteiger charge is 2.36. The molecular formula is C28H20F3N5O3. The molecule has 0 atom stereocenters. The summed E-state index contributed by atoms with van der Waals surface area (Å²) in [6.07, 6.45) is 3.70. The quantitative estimate of drug-likeness (QED) is 0.286. The molecular weight excluding hydrogens is 511 g/mol. The molecule has 39 heavy (non-hydrogen) atoms. The summed E-state index contributed by atoms with van der Waals surface area (Å²) in [5.74, 6) is -1.10. The summed E-state index contributed by atoms with van der Waals surface area (Å²) in [7, 11) is 2.84. The van der Waals surface area contributed by atoms with Gasteiger partial charge in [0, 0.05) is 53.8 Å². The lowest BCUT2D eigenvalue weighted by Crippen LogP contribution is -2.18.